The number of amides is 2. The lowest BCUT2D eigenvalue weighted by atomic mass is 9.71. The van der Waals surface area contributed by atoms with Crippen molar-refractivity contribution in [2.24, 2.45) is 11.8 Å². The van der Waals surface area contributed by atoms with Crippen molar-refractivity contribution in [2.75, 3.05) is 13.2 Å². The Morgan fingerprint density at radius 2 is 2.18 bits per heavy atom. The van der Waals surface area contributed by atoms with E-state index in [-0.39, 0.29) is 36.9 Å². The highest BCUT2D eigenvalue weighted by atomic mass is 32.2. The number of hydrogen-bond donors (Lipinski definition) is 2. The zero-order valence-corrected chi connectivity index (χ0v) is 19.6. The number of nitrogens with zero attached hydrogens (tertiary/aromatic N) is 5. The molecule has 180 valence electrons. The molecule has 3 aliphatic rings. The summed E-state index contributed by atoms with van der Waals surface area (Å²) in [7, 11) is 0. The van der Waals surface area contributed by atoms with Crippen LogP contribution in [-0.4, -0.2) is 88.0 Å². The number of rotatable bonds is 8. The molecular weight excluding hydrogens is 458 g/mol. The van der Waals surface area contributed by atoms with Crippen LogP contribution in [0, 0.1) is 11.8 Å². The Hall–Kier alpha value is -2.92. The molecule has 3 fully saturated rings. The number of carbonyl (C=O) groups excluding carboxylic acids is 2. The number of para-hydroxylation sites is 1. The van der Waals surface area contributed by atoms with Crippen LogP contribution in [0.5, 0.6) is 0 Å². The number of carboxylic acids is 1. The number of carbonyl (C=O) groups is 3. The van der Waals surface area contributed by atoms with Gasteiger partial charge in [-0.15, -0.1) is 23.4 Å². The van der Waals surface area contributed by atoms with Crippen molar-refractivity contribution in [3.8, 4) is 0 Å². The van der Waals surface area contributed by atoms with Crippen molar-refractivity contribution in [1.29, 1.82) is 0 Å². The molecule has 1 spiro atoms. The van der Waals surface area contributed by atoms with Crippen molar-refractivity contribution in [3.63, 3.8) is 0 Å². The second-order valence-corrected chi connectivity index (χ2v) is 10.8. The molecule has 3 aliphatic heterocycles. The molecule has 1 aromatic carbocycles. The molecule has 2 N–H and O–H groups in total. The lowest BCUT2D eigenvalue weighted by Gasteiger charge is -2.38. The molecule has 2 amide bonds. The molecule has 5 rings (SSSR count). The molecule has 6 atom stereocenters. The number of benzene rings is 1. The minimum Gasteiger partial charge on any atom is -0.481 e. The van der Waals surface area contributed by atoms with E-state index in [4.69, 9.17) is 0 Å². The number of aliphatic hydroxyl groups is 1. The second-order valence-electron chi connectivity index (χ2n) is 9.24. The number of carboxylic acid groups (broad SMARTS) is 1. The zero-order valence-electron chi connectivity index (χ0n) is 18.8. The van der Waals surface area contributed by atoms with E-state index in [0.717, 1.165) is 5.52 Å². The summed E-state index contributed by atoms with van der Waals surface area (Å²) in [5, 5.41) is 28.0. The van der Waals surface area contributed by atoms with Gasteiger partial charge in [-0.3, -0.25) is 14.4 Å². The van der Waals surface area contributed by atoms with Gasteiger partial charge in [0.25, 0.3) is 0 Å². The molecule has 10 nitrogen and oxygen atoms in total. The predicted octanol–water partition coefficient (Wildman–Crippen LogP) is 0.960. The number of aliphatic carboxylic acids is 1. The number of fused-ring (bicyclic) bond motifs is 2. The van der Waals surface area contributed by atoms with E-state index >= 15 is 0 Å². The first-order chi connectivity index (χ1) is 16.3. The summed E-state index contributed by atoms with van der Waals surface area (Å²) in [5.74, 6) is -3.26. The van der Waals surface area contributed by atoms with Gasteiger partial charge in [0.1, 0.15) is 18.2 Å². The Kier molecular flexibility index (Phi) is 5.64. The maximum Gasteiger partial charge on any atom is 0.308 e. The van der Waals surface area contributed by atoms with Crippen LogP contribution in [-0.2, 0) is 21.1 Å². The van der Waals surface area contributed by atoms with E-state index in [2.05, 4.69) is 16.9 Å². The summed E-state index contributed by atoms with van der Waals surface area (Å²) in [6, 6.07) is 5.94. The first-order valence-corrected chi connectivity index (χ1v) is 12.2. The summed E-state index contributed by atoms with van der Waals surface area (Å²) in [6.07, 6.45) is 2.84. The van der Waals surface area contributed by atoms with Crippen LogP contribution >= 0.6 is 11.8 Å². The van der Waals surface area contributed by atoms with Crippen LogP contribution in [0.25, 0.3) is 11.0 Å². The first-order valence-electron chi connectivity index (χ1n) is 11.4. The SMILES string of the molecule is C=CCN(Cn1nnc2ccccc21)C(=O)C1N([C@H](C)CO)C(=O)[C@@H]2[C@H](C(=O)O)[C@@H]3CCC12S3. The van der Waals surface area contributed by atoms with Gasteiger partial charge >= 0.3 is 5.97 Å². The van der Waals surface area contributed by atoms with Crippen molar-refractivity contribution < 1.29 is 24.6 Å². The van der Waals surface area contributed by atoms with E-state index in [0.29, 0.717) is 18.4 Å². The van der Waals surface area contributed by atoms with Gasteiger partial charge in [-0.05, 0) is 31.9 Å². The van der Waals surface area contributed by atoms with Crippen molar-refractivity contribution >= 4 is 40.6 Å². The number of aromatic nitrogens is 3. The topological polar surface area (TPSA) is 129 Å². The zero-order chi connectivity index (χ0) is 24.2. The van der Waals surface area contributed by atoms with Crippen LogP contribution in [0.1, 0.15) is 19.8 Å². The summed E-state index contributed by atoms with van der Waals surface area (Å²) in [4.78, 5) is 42.9. The maximum absolute atomic E-state index is 14.2. The molecular formula is C23H27N5O5S. The lowest BCUT2D eigenvalue weighted by Crippen LogP contribution is -2.57. The van der Waals surface area contributed by atoms with E-state index in [9.17, 15) is 24.6 Å². The first kappa shape index (κ1) is 22.9. The third-order valence-electron chi connectivity index (χ3n) is 7.38. The monoisotopic (exact) mass is 485 g/mol. The van der Waals surface area contributed by atoms with E-state index in [1.54, 1.807) is 22.6 Å². The Morgan fingerprint density at radius 3 is 2.88 bits per heavy atom. The minimum absolute atomic E-state index is 0.106. The lowest BCUT2D eigenvalue weighted by molar-refractivity contribution is -0.149. The molecule has 3 saturated heterocycles. The number of hydrogen-bond acceptors (Lipinski definition) is 7. The van der Waals surface area contributed by atoms with Crippen molar-refractivity contribution in [3.05, 3.63) is 36.9 Å². The molecule has 0 aliphatic carbocycles. The third kappa shape index (κ3) is 3.17. The average Bonchev–Trinajstić information content (AvgIpc) is 3.57. The standard InChI is InChI=1S/C23H27N5O5S/c1-3-10-26(12-27-15-7-5-4-6-14(15)24-25-27)21(31)19-23-9-8-16(34-23)17(22(32)33)18(23)20(30)28(19)13(2)11-29/h3-7,13,16-19,29H,1,8-12H2,2H3,(H,32,33)/t13-,16+,17-,18+,19?,23?/m1/s1. The Labute approximate surface area is 200 Å². The van der Waals surface area contributed by atoms with E-state index < -0.39 is 34.6 Å². The highest BCUT2D eigenvalue weighted by molar-refractivity contribution is 8.02. The van der Waals surface area contributed by atoms with E-state index in [1.165, 1.54) is 16.7 Å². The van der Waals surface area contributed by atoms with Gasteiger partial charge in [0.15, 0.2) is 0 Å². The van der Waals surface area contributed by atoms with Crippen molar-refractivity contribution in [1.82, 2.24) is 24.8 Å². The normalized spacial score (nSPS) is 30.5. The quantitative estimate of drug-likeness (QED) is 0.529. The number of aliphatic hydroxyl groups excluding tert-OH is 1. The minimum atomic E-state index is -1.00. The van der Waals surface area contributed by atoms with Crippen LogP contribution < -0.4 is 0 Å². The molecule has 2 bridgehead atoms. The number of thioether (sulfide) groups is 1. The molecule has 11 heteroatoms. The van der Waals surface area contributed by atoms with Gasteiger partial charge < -0.3 is 20.0 Å². The molecule has 0 saturated carbocycles. The van der Waals surface area contributed by atoms with Gasteiger partial charge in [-0.1, -0.05) is 23.4 Å². The highest BCUT2D eigenvalue weighted by Gasteiger charge is 2.74. The largest absolute Gasteiger partial charge is 0.481 e. The molecule has 4 heterocycles. The summed E-state index contributed by atoms with van der Waals surface area (Å²) >= 11 is 1.47. The van der Waals surface area contributed by atoms with Gasteiger partial charge in [-0.25, -0.2) is 4.68 Å². The fourth-order valence-electron chi connectivity index (χ4n) is 5.94. The third-order valence-corrected chi connectivity index (χ3v) is 9.33. The fraction of sp³-hybridized carbons (Fsp3) is 0.522. The Bertz CT molecular complexity index is 1170. The van der Waals surface area contributed by atoms with Crippen LogP contribution in [0.4, 0.5) is 0 Å². The van der Waals surface area contributed by atoms with Gasteiger partial charge in [0, 0.05) is 11.8 Å². The van der Waals surface area contributed by atoms with Crippen LogP contribution in [0.2, 0.25) is 0 Å². The second kappa shape index (κ2) is 8.38. The van der Waals surface area contributed by atoms with Gasteiger partial charge in [0.2, 0.25) is 11.8 Å². The summed E-state index contributed by atoms with van der Waals surface area (Å²) in [5.41, 5.74) is 1.47. The Morgan fingerprint density at radius 1 is 1.41 bits per heavy atom. The Balaban J connectivity index is 1.54. The average molecular weight is 486 g/mol. The summed E-state index contributed by atoms with van der Waals surface area (Å²) < 4.78 is 0.803. The van der Waals surface area contributed by atoms with Crippen LogP contribution in [0.15, 0.2) is 36.9 Å². The molecule has 34 heavy (non-hydrogen) atoms. The molecule has 2 unspecified atom stereocenters. The molecule has 0 radical (unpaired) electrons. The maximum atomic E-state index is 14.2. The highest BCUT2D eigenvalue weighted by Crippen LogP contribution is 2.66. The van der Waals surface area contributed by atoms with Crippen molar-refractivity contribution in [2.45, 2.75) is 48.5 Å². The number of likely N-dealkylation sites (tertiary alicyclic amines) is 1. The van der Waals surface area contributed by atoms with Gasteiger partial charge in [0.05, 0.1) is 34.7 Å². The molecule has 1 aromatic heterocycles. The van der Waals surface area contributed by atoms with E-state index in [1.807, 2.05) is 24.3 Å². The summed E-state index contributed by atoms with van der Waals surface area (Å²) in [6.45, 7) is 5.48. The fourth-order valence-corrected chi connectivity index (χ4v) is 8.14. The smallest absolute Gasteiger partial charge is 0.308 e. The predicted molar refractivity (Wildman–Crippen MR) is 125 cm³/mol. The molecule has 2 aromatic rings. The van der Waals surface area contributed by atoms with Gasteiger partial charge in [-0.2, -0.15) is 0 Å². The van der Waals surface area contributed by atoms with Crippen LogP contribution in [0.3, 0.4) is 0 Å².